The highest BCUT2D eigenvalue weighted by molar-refractivity contribution is 14.1. The summed E-state index contributed by atoms with van der Waals surface area (Å²) in [6, 6.07) is 3.73. The van der Waals surface area contributed by atoms with Crippen LogP contribution in [0.5, 0.6) is 5.75 Å². The highest BCUT2D eigenvalue weighted by Gasteiger charge is 2.61. The van der Waals surface area contributed by atoms with Gasteiger partial charge in [0.2, 0.25) is 0 Å². The van der Waals surface area contributed by atoms with Gasteiger partial charge in [0, 0.05) is 43.0 Å². The first-order chi connectivity index (χ1) is 14.0. The molecule has 0 spiro atoms. The molecule has 29 heavy (non-hydrogen) atoms. The highest BCUT2D eigenvalue weighted by Crippen LogP contribution is 2.39. The van der Waals surface area contributed by atoms with Crippen LogP contribution in [0.1, 0.15) is 38.3 Å². The maximum Gasteiger partial charge on any atom is 0.259 e. The second-order valence-corrected chi connectivity index (χ2v) is 8.84. The Hall–Kier alpha value is -0.970. The quantitative estimate of drug-likeness (QED) is 0.205. The third kappa shape index (κ3) is 5.03. The lowest BCUT2D eigenvalue weighted by Gasteiger charge is -2.54. The molecule has 1 saturated heterocycles. The Morgan fingerprint density at radius 1 is 1.24 bits per heavy atom. The van der Waals surface area contributed by atoms with Gasteiger partial charge in [0.25, 0.3) is 5.91 Å². The first-order valence-electron chi connectivity index (χ1n) is 10.1. The molecule has 3 rings (SSSR count). The van der Waals surface area contributed by atoms with Gasteiger partial charge in [-0.3, -0.25) is 9.78 Å². The van der Waals surface area contributed by atoms with Gasteiger partial charge in [-0.05, 0) is 37.7 Å². The average Bonchev–Trinajstić information content (AvgIpc) is 2.73. The molecule has 0 bridgehead atoms. The van der Waals surface area contributed by atoms with Crippen LogP contribution < -0.4 is 4.74 Å². The number of ether oxygens (including phenoxy) is 4. The van der Waals surface area contributed by atoms with Crippen LogP contribution in [-0.4, -0.2) is 65.7 Å². The molecular formula is C21H31IN2O5. The van der Waals surface area contributed by atoms with Gasteiger partial charge in [-0.2, -0.15) is 0 Å². The zero-order valence-electron chi connectivity index (χ0n) is 17.4. The fraction of sp³-hybridized carbons (Fsp3) is 0.714. The van der Waals surface area contributed by atoms with E-state index in [1.165, 1.54) is 12.8 Å². The molecule has 2 heterocycles. The topological polar surface area (TPSA) is 70.1 Å². The summed E-state index contributed by atoms with van der Waals surface area (Å²) in [5.74, 6) is 1.50. The SMILES string of the molecule is COCO[C@@]1(Cc2cc(O[C@H]3CC[C@H](C)CC3)ccn2)C(=O)N(COC)[C@H]1CI. The summed E-state index contributed by atoms with van der Waals surface area (Å²) in [5, 5.41) is 0. The Labute approximate surface area is 186 Å². The summed E-state index contributed by atoms with van der Waals surface area (Å²) in [5.41, 5.74) is -0.204. The van der Waals surface area contributed by atoms with E-state index in [2.05, 4.69) is 34.5 Å². The largest absolute Gasteiger partial charge is 0.490 e. The Bertz CT molecular complexity index is 683. The lowest BCUT2D eigenvalue weighted by atomic mass is 9.79. The van der Waals surface area contributed by atoms with Crippen molar-refractivity contribution < 1.29 is 23.7 Å². The Morgan fingerprint density at radius 3 is 2.66 bits per heavy atom. The minimum Gasteiger partial charge on any atom is -0.490 e. The van der Waals surface area contributed by atoms with E-state index in [1.807, 2.05) is 12.1 Å². The van der Waals surface area contributed by atoms with Crippen LogP contribution in [0.25, 0.3) is 0 Å². The van der Waals surface area contributed by atoms with Gasteiger partial charge < -0.3 is 23.8 Å². The molecule has 1 saturated carbocycles. The fourth-order valence-electron chi connectivity index (χ4n) is 4.21. The van der Waals surface area contributed by atoms with Crippen LogP contribution in [-0.2, 0) is 25.4 Å². The second kappa shape index (κ2) is 10.4. The molecule has 0 unspecified atom stereocenters. The molecule has 8 heteroatoms. The molecule has 2 aliphatic rings. The summed E-state index contributed by atoms with van der Waals surface area (Å²) in [4.78, 5) is 19.2. The lowest BCUT2D eigenvalue weighted by Crippen LogP contribution is -2.76. The van der Waals surface area contributed by atoms with E-state index in [0.29, 0.717) is 6.42 Å². The molecule has 2 atom stereocenters. The first kappa shape index (κ1) is 22.7. The highest BCUT2D eigenvalue weighted by atomic mass is 127. The smallest absolute Gasteiger partial charge is 0.259 e. The zero-order chi connectivity index (χ0) is 20.9. The number of β-lactam (4-membered cyclic amide) rings is 1. The zero-order valence-corrected chi connectivity index (χ0v) is 19.6. The monoisotopic (exact) mass is 518 g/mol. The molecule has 1 aliphatic carbocycles. The van der Waals surface area contributed by atoms with Crippen LogP contribution in [0.2, 0.25) is 0 Å². The van der Waals surface area contributed by atoms with Crippen LogP contribution >= 0.6 is 22.6 Å². The number of rotatable bonds is 10. The Balaban J connectivity index is 1.74. The van der Waals surface area contributed by atoms with Gasteiger partial charge in [0.15, 0.2) is 5.60 Å². The predicted molar refractivity (Wildman–Crippen MR) is 117 cm³/mol. The van der Waals surface area contributed by atoms with E-state index in [4.69, 9.17) is 18.9 Å². The number of likely N-dealkylation sites (tertiary alicyclic amines) is 1. The van der Waals surface area contributed by atoms with Gasteiger partial charge in [0.1, 0.15) is 19.3 Å². The molecule has 2 fully saturated rings. The number of hydrogen-bond donors (Lipinski definition) is 0. The molecule has 0 N–H and O–H groups in total. The Kier molecular flexibility index (Phi) is 8.12. The number of amides is 1. The van der Waals surface area contributed by atoms with Crippen molar-refractivity contribution in [1.29, 1.82) is 0 Å². The van der Waals surface area contributed by atoms with Crippen molar-refractivity contribution in [3.8, 4) is 5.75 Å². The maximum absolute atomic E-state index is 13.0. The minimum atomic E-state index is -0.985. The first-order valence-corrected chi connectivity index (χ1v) is 11.7. The van der Waals surface area contributed by atoms with Gasteiger partial charge in [-0.25, -0.2) is 0 Å². The molecule has 162 valence electrons. The van der Waals surface area contributed by atoms with Gasteiger partial charge in [-0.15, -0.1) is 0 Å². The Morgan fingerprint density at radius 2 is 2.00 bits per heavy atom. The van der Waals surface area contributed by atoms with E-state index >= 15 is 0 Å². The lowest BCUT2D eigenvalue weighted by molar-refractivity contribution is -0.229. The van der Waals surface area contributed by atoms with Crippen LogP contribution in [0.15, 0.2) is 18.3 Å². The molecule has 1 aromatic heterocycles. The summed E-state index contributed by atoms with van der Waals surface area (Å²) in [6.07, 6.45) is 6.96. The van der Waals surface area contributed by atoms with E-state index in [0.717, 1.165) is 34.6 Å². The number of nitrogens with zero attached hydrogens (tertiary/aromatic N) is 2. The number of carbonyl (C=O) groups is 1. The van der Waals surface area contributed by atoms with Crippen molar-refractivity contribution in [2.24, 2.45) is 5.92 Å². The minimum absolute atomic E-state index is 0.0517. The van der Waals surface area contributed by atoms with Crippen LogP contribution in [0.4, 0.5) is 0 Å². The molecular weight excluding hydrogens is 487 g/mol. The van der Waals surface area contributed by atoms with Crippen molar-refractivity contribution in [2.75, 3.05) is 32.2 Å². The van der Waals surface area contributed by atoms with Crippen molar-refractivity contribution >= 4 is 28.5 Å². The number of aromatic nitrogens is 1. The van der Waals surface area contributed by atoms with Gasteiger partial charge in [-0.1, -0.05) is 29.5 Å². The van der Waals surface area contributed by atoms with E-state index in [9.17, 15) is 4.79 Å². The number of halogens is 1. The molecule has 7 nitrogen and oxygen atoms in total. The fourth-order valence-corrected chi connectivity index (χ4v) is 5.40. The van der Waals surface area contributed by atoms with E-state index in [1.54, 1.807) is 25.3 Å². The molecule has 0 radical (unpaired) electrons. The molecule has 1 amide bonds. The molecule has 1 aliphatic heterocycles. The van der Waals surface area contributed by atoms with Crippen LogP contribution in [0, 0.1) is 5.92 Å². The van der Waals surface area contributed by atoms with Gasteiger partial charge in [0.05, 0.1) is 12.1 Å². The summed E-state index contributed by atoms with van der Waals surface area (Å²) in [7, 11) is 3.14. The number of alkyl halides is 1. The number of methoxy groups -OCH3 is 2. The third-order valence-corrected chi connectivity index (χ3v) is 6.72. The average molecular weight is 518 g/mol. The van der Waals surface area contributed by atoms with Crippen molar-refractivity contribution in [2.45, 2.75) is 56.8 Å². The van der Waals surface area contributed by atoms with Crippen molar-refractivity contribution in [1.82, 2.24) is 9.88 Å². The third-order valence-electron chi connectivity index (χ3n) is 5.88. The van der Waals surface area contributed by atoms with E-state index in [-0.39, 0.29) is 31.6 Å². The molecule has 1 aromatic rings. The predicted octanol–water partition coefficient (Wildman–Crippen LogP) is 3.19. The molecule has 0 aromatic carbocycles. The van der Waals surface area contributed by atoms with Gasteiger partial charge >= 0.3 is 0 Å². The standard InChI is InChI=1S/C21H31IN2O5/c1-15-4-6-17(7-5-15)29-18-8-9-23-16(10-18)11-21(28-14-27-3)19(12-22)24(13-26-2)20(21)25/h8-10,15,17,19H,4-7,11-14H2,1-3H3/t15-,17-,19-,21+/m0/s1. The summed E-state index contributed by atoms with van der Waals surface area (Å²) in [6.45, 7) is 2.60. The number of hydrogen-bond acceptors (Lipinski definition) is 6. The van der Waals surface area contributed by atoms with Crippen molar-refractivity contribution in [3.63, 3.8) is 0 Å². The summed E-state index contributed by atoms with van der Waals surface area (Å²) < 4.78 is 23.2. The number of carbonyl (C=O) groups excluding carboxylic acids is 1. The number of pyridine rings is 1. The van der Waals surface area contributed by atoms with Crippen LogP contribution in [0.3, 0.4) is 0 Å². The maximum atomic E-state index is 13.0. The normalized spacial score (nSPS) is 29.6. The summed E-state index contributed by atoms with van der Waals surface area (Å²) >= 11 is 2.28. The van der Waals surface area contributed by atoms with Crippen molar-refractivity contribution in [3.05, 3.63) is 24.0 Å². The van der Waals surface area contributed by atoms with E-state index < -0.39 is 5.60 Å². The second-order valence-electron chi connectivity index (χ2n) is 7.96.